The molecule has 0 bridgehead atoms. The van der Waals surface area contributed by atoms with Crippen LogP contribution in [-0.2, 0) is 14.3 Å². The fourth-order valence-electron chi connectivity index (χ4n) is 1.23. The number of nitrogens with zero attached hydrogens (tertiary/aromatic N) is 2. The molecule has 1 aromatic rings. The van der Waals surface area contributed by atoms with Crippen molar-refractivity contribution < 1.29 is 22.4 Å². The minimum Gasteiger partial charge on any atom is -0.266 e. The molecule has 0 spiro atoms. The number of hydrogen-bond donors (Lipinski definition) is 0. The van der Waals surface area contributed by atoms with Crippen molar-refractivity contribution in [1.29, 1.82) is 0 Å². The highest BCUT2D eigenvalue weighted by Crippen LogP contribution is 2.29. The quantitative estimate of drug-likeness (QED) is 0.442. The van der Waals surface area contributed by atoms with Gasteiger partial charge in [-0.05, 0) is 12.5 Å². The van der Waals surface area contributed by atoms with Gasteiger partial charge in [0.2, 0.25) is 0 Å². The predicted octanol–water partition coefficient (Wildman–Crippen LogP) is 1.62. The molecular formula is C9H10N2O7S. The number of nitro benzene ring substituents is 2. The average molecular weight is 290 g/mol. The van der Waals surface area contributed by atoms with Gasteiger partial charge in [0.25, 0.3) is 11.4 Å². The van der Waals surface area contributed by atoms with Crippen LogP contribution in [0.15, 0.2) is 23.1 Å². The molecule has 0 unspecified atom stereocenters. The van der Waals surface area contributed by atoms with Crippen LogP contribution in [0.5, 0.6) is 0 Å². The van der Waals surface area contributed by atoms with Gasteiger partial charge in [-0.1, -0.05) is 6.92 Å². The summed E-state index contributed by atoms with van der Waals surface area (Å²) in [4.78, 5) is 18.7. The van der Waals surface area contributed by atoms with Gasteiger partial charge in [-0.25, -0.2) is 0 Å². The van der Waals surface area contributed by atoms with Gasteiger partial charge in [-0.3, -0.25) is 24.4 Å². The molecule has 1 aromatic carbocycles. The number of non-ortho nitro benzene ring substituents is 1. The summed E-state index contributed by atoms with van der Waals surface area (Å²) in [5, 5.41) is 21.3. The van der Waals surface area contributed by atoms with E-state index in [1.807, 2.05) is 0 Å². The molecule has 0 aromatic heterocycles. The molecule has 0 saturated heterocycles. The van der Waals surface area contributed by atoms with Crippen molar-refractivity contribution in [3.05, 3.63) is 38.4 Å². The van der Waals surface area contributed by atoms with Gasteiger partial charge in [-0.15, -0.1) is 0 Å². The molecule has 0 aliphatic heterocycles. The Morgan fingerprint density at radius 2 is 1.84 bits per heavy atom. The second kappa shape index (κ2) is 5.71. The van der Waals surface area contributed by atoms with Crippen LogP contribution in [0.3, 0.4) is 0 Å². The highest BCUT2D eigenvalue weighted by molar-refractivity contribution is 7.87. The van der Waals surface area contributed by atoms with E-state index in [2.05, 4.69) is 4.18 Å². The minimum atomic E-state index is -4.30. The molecule has 0 heterocycles. The zero-order valence-corrected chi connectivity index (χ0v) is 10.6. The topological polar surface area (TPSA) is 130 Å². The third-order valence-corrected chi connectivity index (χ3v) is 3.42. The Hall–Kier alpha value is -2.07. The van der Waals surface area contributed by atoms with Crippen LogP contribution in [0.25, 0.3) is 0 Å². The second-order valence-electron chi connectivity index (χ2n) is 3.44. The van der Waals surface area contributed by atoms with Gasteiger partial charge in [-0.2, -0.15) is 8.42 Å². The number of benzene rings is 1. The van der Waals surface area contributed by atoms with Gasteiger partial charge in [0.05, 0.1) is 22.5 Å². The minimum absolute atomic E-state index is 0.128. The van der Waals surface area contributed by atoms with E-state index in [4.69, 9.17) is 0 Å². The molecule has 0 radical (unpaired) electrons. The average Bonchev–Trinajstić information content (AvgIpc) is 2.35. The summed E-state index contributed by atoms with van der Waals surface area (Å²) in [7, 11) is -4.30. The molecule has 0 aliphatic rings. The highest BCUT2D eigenvalue weighted by Gasteiger charge is 2.29. The molecule has 0 aliphatic carbocycles. The van der Waals surface area contributed by atoms with E-state index in [1.165, 1.54) is 0 Å². The number of hydrogen-bond acceptors (Lipinski definition) is 7. The Morgan fingerprint density at radius 1 is 1.21 bits per heavy atom. The molecular weight excluding hydrogens is 280 g/mol. The first-order valence-electron chi connectivity index (χ1n) is 5.12. The molecule has 0 amide bonds. The van der Waals surface area contributed by atoms with Crippen molar-refractivity contribution in [2.24, 2.45) is 0 Å². The fourth-order valence-corrected chi connectivity index (χ4v) is 2.37. The standard InChI is InChI=1S/C9H10N2O7S/c1-2-5-18-19(16,17)9-4-3-7(10(12)13)6-8(9)11(14)15/h3-4,6H,2,5H2,1H3. The van der Waals surface area contributed by atoms with E-state index in [0.29, 0.717) is 12.5 Å². The molecule has 1 rings (SSSR count). The van der Waals surface area contributed by atoms with Crippen molar-refractivity contribution in [2.75, 3.05) is 6.61 Å². The molecule has 0 fully saturated rings. The molecule has 10 heteroatoms. The van der Waals surface area contributed by atoms with E-state index < -0.39 is 36.2 Å². The van der Waals surface area contributed by atoms with E-state index >= 15 is 0 Å². The van der Waals surface area contributed by atoms with Crippen LogP contribution >= 0.6 is 0 Å². The van der Waals surface area contributed by atoms with Gasteiger partial charge >= 0.3 is 10.1 Å². The van der Waals surface area contributed by atoms with Crippen molar-refractivity contribution in [3.8, 4) is 0 Å². The van der Waals surface area contributed by atoms with Gasteiger partial charge in [0.15, 0.2) is 4.90 Å². The first-order valence-corrected chi connectivity index (χ1v) is 6.52. The van der Waals surface area contributed by atoms with Gasteiger partial charge in [0.1, 0.15) is 0 Å². The summed E-state index contributed by atoms with van der Waals surface area (Å²) >= 11 is 0. The second-order valence-corrected chi connectivity index (χ2v) is 5.03. The Morgan fingerprint density at radius 3 is 2.32 bits per heavy atom. The summed E-state index contributed by atoms with van der Waals surface area (Å²) in [5.41, 5.74) is -1.45. The molecule has 104 valence electrons. The summed E-state index contributed by atoms with van der Waals surface area (Å²) in [6.07, 6.45) is 0.403. The SMILES string of the molecule is CCCOS(=O)(=O)c1ccc([N+](=O)[O-])cc1[N+](=O)[O-]. The van der Waals surface area contributed by atoms with Crippen LogP contribution in [-0.4, -0.2) is 24.9 Å². The van der Waals surface area contributed by atoms with Crippen LogP contribution < -0.4 is 0 Å². The van der Waals surface area contributed by atoms with E-state index in [-0.39, 0.29) is 6.61 Å². The molecule has 0 N–H and O–H groups in total. The predicted molar refractivity (Wildman–Crippen MR) is 63.2 cm³/mol. The van der Waals surface area contributed by atoms with Crippen molar-refractivity contribution >= 4 is 21.5 Å². The Labute approximate surface area is 108 Å². The smallest absolute Gasteiger partial charge is 0.266 e. The Kier molecular flexibility index (Phi) is 4.51. The summed E-state index contributed by atoms with van der Waals surface area (Å²) in [6.45, 7) is 1.54. The number of rotatable bonds is 6. The van der Waals surface area contributed by atoms with E-state index in [0.717, 1.165) is 12.1 Å². The molecule has 0 saturated carbocycles. The Bertz CT molecular complexity index is 611. The van der Waals surface area contributed by atoms with Gasteiger partial charge in [0, 0.05) is 6.07 Å². The lowest BCUT2D eigenvalue weighted by Crippen LogP contribution is -2.10. The van der Waals surface area contributed by atoms with Crippen molar-refractivity contribution in [1.82, 2.24) is 0 Å². The lowest BCUT2D eigenvalue weighted by molar-refractivity contribution is -0.396. The summed E-state index contributed by atoms with van der Waals surface area (Å²) in [6, 6.07) is 2.25. The first-order chi connectivity index (χ1) is 8.79. The van der Waals surface area contributed by atoms with Crippen LogP contribution in [0.1, 0.15) is 13.3 Å². The van der Waals surface area contributed by atoms with Crippen LogP contribution in [0.2, 0.25) is 0 Å². The van der Waals surface area contributed by atoms with Crippen LogP contribution in [0, 0.1) is 20.2 Å². The highest BCUT2D eigenvalue weighted by atomic mass is 32.2. The maximum absolute atomic E-state index is 11.7. The monoisotopic (exact) mass is 290 g/mol. The van der Waals surface area contributed by atoms with E-state index in [1.54, 1.807) is 6.92 Å². The molecule has 9 nitrogen and oxygen atoms in total. The lowest BCUT2D eigenvalue weighted by atomic mass is 10.3. The fraction of sp³-hybridized carbons (Fsp3) is 0.333. The third-order valence-electron chi connectivity index (χ3n) is 2.06. The van der Waals surface area contributed by atoms with E-state index in [9.17, 15) is 28.6 Å². The van der Waals surface area contributed by atoms with Crippen molar-refractivity contribution in [2.45, 2.75) is 18.2 Å². The maximum Gasteiger partial charge on any atom is 0.303 e. The van der Waals surface area contributed by atoms with Crippen molar-refractivity contribution in [3.63, 3.8) is 0 Å². The Balaban J connectivity index is 3.36. The molecule has 19 heavy (non-hydrogen) atoms. The zero-order chi connectivity index (χ0) is 14.6. The largest absolute Gasteiger partial charge is 0.303 e. The lowest BCUT2D eigenvalue weighted by Gasteiger charge is -2.04. The zero-order valence-electron chi connectivity index (χ0n) is 9.81. The summed E-state index contributed by atoms with van der Waals surface area (Å²) in [5.74, 6) is 0. The normalized spacial score (nSPS) is 11.2. The third kappa shape index (κ3) is 3.45. The van der Waals surface area contributed by atoms with Crippen LogP contribution in [0.4, 0.5) is 11.4 Å². The summed E-state index contributed by atoms with van der Waals surface area (Å²) < 4.78 is 28.0. The van der Waals surface area contributed by atoms with Gasteiger partial charge < -0.3 is 0 Å². The molecule has 0 atom stereocenters. The first kappa shape index (κ1) is 15.0. The maximum atomic E-state index is 11.7. The number of nitro groups is 2.